The number of nitrogens with zero attached hydrogens (tertiary/aromatic N) is 1. The topological polar surface area (TPSA) is 24.4 Å². The van der Waals surface area contributed by atoms with Crippen LogP contribution in [0.3, 0.4) is 0 Å². The van der Waals surface area contributed by atoms with Crippen molar-refractivity contribution in [3.05, 3.63) is 0 Å². The van der Waals surface area contributed by atoms with Crippen LogP contribution in [-0.2, 0) is 0 Å². The third kappa shape index (κ3) is 0.712. The number of aliphatic imine (C=N–C) groups is 1. The van der Waals surface area contributed by atoms with Crippen molar-refractivity contribution < 1.29 is 0 Å². The van der Waals surface area contributed by atoms with Gasteiger partial charge in [-0.3, -0.25) is 4.99 Å². The van der Waals surface area contributed by atoms with Gasteiger partial charge in [0.15, 0.2) is 6.34 Å². The minimum absolute atomic E-state index is 0.331. The minimum atomic E-state index is 0.331. The van der Waals surface area contributed by atoms with E-state index in [4.69, 9.17) is 0 Å². The first kappa shape index (κ1) is 4.12. The Bertz CT molecular complexity index is 63.2. The van der Waals surface area contributed by atoms with Crippen molar-refractivity contribution in [2.45, 2.75) is 4.95 Å². The summed E-state index contributed by atoms with van der Waals surface area (Å²) < 4.78 is 0. The third-order valence-electron chi connectivity index (χ3n) is 0.552. The first-order chi connectivity index (χ1) is 2.89. The fraction of sp³-hybridized carbons (Fsp3) is 0.667. The van der Waals surface area contributed by atoms with Crippen molar-refractivity contribution in [3.63, 3.8) is 0 Å². The average Bonchev–Trinajstić information content (AvgIpc) is 1.86. The maximum absolute atomic E-state index is 3.76. The smallest absolute Gasteiger partial charge is 0.165 e. The van der Waals surface area contributed by atoms with Gasteiger partial charge in [-0.25, -0.2) is 0 Å². The molecule has 1 heterocycles. The standard InChI is InChI=1S/C3H4BrN2/c4-3-1-5-2-6-3/h3H,1H2,(H,5,6). The number of nitrogens with one attached hydrogen (secondary N) is 1. The number of rotatable bonds is 0. The van der Waals surface area contributed by atoms with Gasteiger partial charge in [0.05, 0.1) is 6.54 Å². The fourth-order valence-corrected chi connectivity index (χ4v) is 0.534. The van der Waals surface area contributed by atoms with Gasteiger partial charge < -0.3 is 5.32 Å². The zero-order valence-electron chi connectivity index (χ0n) is 3.11. The molecule has 1 aliphatic heterocycles. The van der Waals surface area contributed by atoms with Crippen LogP contribution in [0.1, 0.15) is 0 Å². The summed E-state index contributed by atoms with van der Waals surface area (Å²) in [6.45, 7) is 0.806. The molecule has 2 nitrogen and oxygen atoms in total. The highest BCUT2D eigenvalue weighted by atomic mass is 79.9. The van der Waals surface area contributed by atoms with Gasteiger partial charge in [0.2, 0.25) is 0 Å². The van der Waals surface area contributed by atoms with E-state index in [0.29, 0.717) is 4.95 Å². The summed E-state index contributed by atoms with van der Waals surface area (Å²) in [7, 11) is 0. The fourth-order valence-electron chi connectivity index (χ4n) is 0.287. The van der Waals surface area contributed by atoms with Crippen molar-refractivity contribution in [2.75, 3.05) is 6.54 Å². The lowest BCUT2D eigenvalue weighted by Gasteiger charge is -1.91. The highest BCUT2D eigenvalue weighted by molar-refractivity contribution is 9.09. The van der Waals surface area contributed by atoms with E-state index in [2.05, 4.69) is 32.6 Å². The van der Waals surface area contributed by atoms with E-state index in [0.717, 1.165) is 6.54 Å². The Morgan fingerprint density at radius 1 is 2.00 bits per heavy atom. The summed E-state index contributed by atoms with van der Waals surface area (Å²) in [5.74, 6) is 0. The molecule has 0 saturated carbocycles. The van der Waals surface area contributed by atoms with Gasteiger partial charge in [-0.05, 0) is 0 Å². The van der Waals surface area contributed by atoms with Crippen LogP contribution < -0.4 is 5.32 Å². The number of alkyl halides is 1. The Kier molecular flexibility index (Phi) is 1.10. The molecule has 1 rings (SSSR count). The Labute approximate surface area is 44.8 Å². The molecular formula is C3H4BrN2. The van der Waals surface area contributed by atoms with E-state index in [1.807, 2.05) is 0 Å². The van der Waals surface area contributed by atoms with Gasteiger partial charge in [0.1, 0.15) is 4.95 Å². The number of halogens is 1. The maximum atomic E-state index is 3.76. The van der Waals surface area contributed by atoms with Gasteiger partial charge in [-0.1, -0.05) is 15.9 Å². The van der Waals surface area contributed by atoms with E-state index < -0.39 is 0 Å². The van der Waals surface area contributed by atoms with Crippen LogP contribution in [0.15, 0.2) is 4.99 Å². The molecule has 3 heteroatoms. The summed E-state index contributed by atoms with van der Waals surface area (Å²) in [6, 6.07) is 0. The molecule has 1 unspecified atom stereocenters. The molecule has 0 saturated heterocycles. The second kappa shape index (κ2) is 1.60. The zero-order valence-corrected chi connectivity index (χ0v) is 4.70. The van der Waals surface area contributed by atoms with Crippen molar-refractivity contribution in [1.29, 1.82) is 0 Å². The van der Waals surface area contributed by atoms with E-state index in [1.54, 1.807) is 0 Å². The van der Waals surface area contributed by atoms with Crippen molar-refractivity contribution in [2.24, 2.45) is 4.99 Å². The highest BCUT2D eigenvalue weighted by Crippen LogP contribution is 1.96. The van der Waals surface area contributed by atoms with Crippen molar-refractivity contribution in [1.82, 2.24) is 5.32 Å². The number of hydrogen-bond donors (Lipinski definition) is 1. The van der Waals surface area contributed by atoms with Gasteiger partial charge in [-0.15, -0.1) is 0 Å². The molecule has 1 radical (unpaired) electrons. The first-order valence-electron chi connectivity index (χ1n) is 1.70. The maximum Gasteiger partial charge on any atom is 0.165 e. The normalized spacial score (nSPS) is 30.5. The van der Waals surface area contributed by atoms with Crippen LogP contribution in [0.4, 0.5) is 0 Å². The van der Waals surface area contributed by atoms with Crippen LogP contribution in [0.5, 0.6) is 0 Å². The molecule has 33 valence electrons. The molecule has 0 aromatic carbocycles. The Morgan fingerprint density at radius 2 is 2.83 bits per heavy atom. The van der Waals surface area contributed by atoms with Crippen molar-refractivity contribution >= 4 is 22.3 Å². The quantitative estimate of drug-likeness (QED) is 0.385. The van der Waals surface area contributed by atoms with E-state index in [1.165, 1.54) is 0 Å². The lowest BCUT2D eigenvalue weighted by Crippen LogP contribution is -2.15. The van der Waals surface area contributed by atoms with Crippen LogP contribution >= 0.6 is 15.9 Å². The summed E-state index contributed by atoms with van der Waals surface area (Å²) >= 11 is 3.27. The SMILES string of the molecule is BrC1CN=[C]N1. The first-order valence-corrected chi connectivity index (χ1v) is 2.62. The molecule has 1 N–H and O–H groups in total. The Balaban J connectivity index is 2.32. The predicted octanol–water partition coefficient (Wildman–Crippen LogP) is 0.216. The van der Waals surface area contributed by atoms with Crippen LogP contribution in [0.2, 0.25) is 0 Å². The molecule has 0 spiro atoms. The predicted molar refractivity (Wildman–Crippen MR) is 28.2 cm³/mol. The summed E-state index contributed by atoms with van der Waals surface area (Å²) in [4.78, 5) is 4.09. The van der Waals surface area contributed by atoms with Crippen LogP contribution in [0.25, 0.3) is 0 Å². The van der Waals surface area contributed by atoms with E-state index in [-0.39, 0.29) is 0 Å². The molecule has 0 fully saturated rings. The third-order valence-corrected chi connectivity index (χ3v) is 1.07. The zero-order chi connectivity index (χ0) is 4.41. The average molecular weight is 148 g/mol. The molecule has 0 aromatic rings. The van der Waals surface area contributed by atoms with Crippen LogP contribution in [-0.4, -0.2) is 17.8 Å². The van der Waals surface area contributed by atoms with Gasteiger partial charge in [0, 0.05) is 0 Å². The number of hydrogen-bond acceptors (Lipinski definition) is 2. The van der Waals surface area contributed by atoms with Gasteiger partial charge in [0.25, 0.3) is 0 Å². The van der Waals surface area contributed by atoms with Gasteiger partial charge in [-0.2, -0.15) is 0 Å². The van der Waals surface area contributed by atoms with E-state index in [9.17, 15) is 0 Å². The summed E-state index contributed by atoms with van der Waals surface area (Å²) in [6.07, 6.45) is 2.60. The monoisotopic (exact) mass is 147 g/mol. The Hall–Kier alpha value is -0.0500. The van der Waals surface area contributed by atoms with Crippen LogP contribution in [0, 0.1) is 0 Å². The van der Waals surface area contributed by atoms with E-state index >= 15 is 0 Å². The molecular weight excluding hydrogens is 144 g/mol. The second-order valence-electron chi connectivity index (χ2n) is 1.06. The summed E-state index contributed by atoms with van der Waals surface area (Å²) in [5.41, 5.74) is 0. The second-order valence-corrected chi connectivity index (χ2v) is 2.17. The summed E-state index contributed by atoms with van der Waals surface area (Å²) in [5, 5.41) is 2.82. The lowest BCUT2D eigenvalue weighted by molar-refractivity contribution is 0.912. The minimum Gasteiger partial charge on any atom is -0.353 e. The molecule has 0 aromatic heterocycles. The molecule has 1 atom stereocenters. The van der Waals surface area contributed by atoms with Crippen molar-refractivity contribution in [3.8, 4) is 0 Å². The molecule has 0 bridgehead atoms. The molecule has 6 heavy (non-hydrogen) atoms. The molecule has 0 amide bonds. The molecule has 0 aliphatic carbocycles. The largest absolute Gasteiger partial charge is 0.353 e. The Morgan fingerprint density at radius 3 is 3.00 bits per heavy atom. The lowest BCUT2D eigenvalue weighted by atomic mass is 10.7. The molecule has 1 aliphatic rings. The van der Waals surface area contributed by atoms with Gasteiger partial charge >= 0.3 is 0 Å². The highest BCUT2D eigenvalue weighted by Gasteiger charge is 2.02.